The molecule has 1 aromatic rings. The maximum atomic E-state index is 12.3. The number of hydrogen-bond donors (Lipinski definition) is 2. The van der Waals surface area contributed by atoms with Crippen molar-refractivity contribution in [3.8, 4) is 0 Å². The largest absolute Gasteiger partial charge is 0.347 e. The molecule has 0 aliphatic heterocycles. The molecule has 0 saturated carbocycles. The zero-order chi connectivity index (χ0) is 15.3. The molecule has 20 heavy (non-hydrogen) atoms. The number of hydrogen-bond acceptors (Lipinski definition) is 3. The fourth-order valence-corrected chi connectivity index (χ4v) is 1.94. The molecule has 0 bridgehead atoms. The van der Waals surface area contributed by atoms with Crippen LogP contribution in [0.2, 0.25) is 0 Å². The number of amides is 1. The van der Waals surface area contributed by atoms with E-state index in [1.165, 1.54) is 0 Å². The molecule has 2 atom stereocenters. The van der Waals surface area contributed by atoms with Gasteiger partial charge in [0.2, 0.25) is 5.91 Å². The fourth-order valence-electron chi connectivity index (χ4n) is 1.94. The fraction of sp³-hybridized carbons (Fsp3) is 0.562. The van der Waals surface area contributed by atoms with E-state index in [2.05, 4.69) is 10.2 Å². The number of likely N-dealkylation sites (N-methyl/N-ethyl adjacent to an activating group) is 1. The average molecular weight is 277 g/mol. The van der Waals surface area contributed by atoms with Crippen LogP contribution < -0.4 is 11.1 Å². The van der Waals surface area contributed by atoms with E-state index < -0.39 is 6.04 Å². The lowest BCUT2D eigenvalue weighted by molar-refractivity contribution is -0.125. The number of rotatable bonds is 5. The molecule has 0 spiro atoms. The van der Waals surface area contributed by atoms with E-state index in [0.29, 0.717) is 0 Å². The first-order valence-electron chi connectivity index (χ1n) is 6.97. The van der Waals surface area contributed by atoms with Crippen LogP contribution in [0.15, 0.2) is 30.3 Å². The first kappa shape index (κ1) is 16.7. The number of nitrogens with two attached hydrogens (primary N) is 1. The highest BCUT2D eigenvalue weighted by Crippen LogP contribution is 2.19. The minimum absolute atomic E-state index is 0.0490. The maximum absolute atomic E-state index is 12.3. The van der Waals surface area contributed by atoms with Gasteiger partial charge >= 0.3 is 0 Å². The van der Waals surface area contributed by atoms with Crippen LogP contribution in [0.25, 0.3) is 0 Å². The summed E-state index contributed by atoms with van der Waals surface area (Å²) < 4.78 is 0. The zero-order valence-corrected chi connectivity index (χ0v) is 13.2. The Hall–Kier alpha value is -1.39. The Labute approximate surface area is 122 Å². The van der Waals surface area contributed by atoms with Crippen molar-refractivity contribution in [3.63, 3.8) is 0 Å². The molecule has 0 heterocycles. The number of nitrogens with zero attached hydrogens (tertiary/aromatic N) is 1. The van der Waals surface area contributed by atoms with E-state index in [0.717, 1.165) is 12.1 Å². The van der Waals surface area contributed by atoms with E-state index in [1.54, 1.807) is 0 Å². The third-order valence-corrected chi connectivity index (χ3v) is 3.28. The summed E-state index contributed by atoms with van der Waals surface area (Å²) in [6.07, 6.45) is 0. The van der Waals surface area contributed by atoms with Crippen LogP contribution in [0.5, 0.6) is 0 Å². The van der Waals surface area contributed by atoms with Crippen LogP contribution in [0.3, 0.4) is 0 Å². The predicted molar refractivity (Wildman–Crippen MR) is 83.3 cm³/mol. The lowest BCUT2D eigenvalue weighted by atomic mass is 9.86. The monoisotopic (exact) mass is 277 g/mol. The van der Waals surface area contributed by atoms with Crippen LogP contribution in [0.1, 0.15) is 32.4 Å². The van der Waals surface area contributed by atoms with E-state index in [-0.39, 0.29) is 17.4 Å². The van der Waals surface area contributed by atoms with Gasteiger partial charge in [0, 0.05) is 6.54 Å². The lowest BCUT2D eigenvalue weighted by Gasteiger charge is -2.29. The quantitative estimate of drug-likeness (QED) is 0.862. The molecule has 4 nitrogen and oxygen atoms in total. The normalized spacial score (nSPS) is 14.9. The summed E-state index contributed by atoms with van der Waals surface area (Å²) in [5.74, 6) is -0.104. The van der Waals surface area contributed by atoms with Gasteiger partial charge in [0.1, 0.15) is 0 Å². The van der Waals surface area contributed by atoms with Crippen molar-refractivity contribution in [3.05, 3.63) is 35.9 Å². The van der Waals surface area contributed by atoms with Crippen molar-refractivity contribution in [1.29, 1.82) is 0 Å². The van der Waals surface area contributed by atoms with Gasteiger partial charge in [0.05, 0.1) is 12.1 Å². The van der Waals surface area contributed by atoms with E-state index in [9.17, 15) is 4.79 Å². The number of nitrogens with one attached hydrogen (secondary N) is 1. The van der Waals surface area contributed by atoms with Gasteiger partial charge in [-0.1, -0.05) is 51.1 Å². The molecule has 0 radical (unpaired) electrons. The van der Waals surface area contributed by atoms with Crippen LogP contribution in [0, 0.1) is 5.41 Å². The van der Waals surface area contributed by atoms with Crippen LogP contribution >= 0.6 is 0 Å². The summed E-state index contributed by atoms with van der Waals surface area (Å²) in [6, 6.07) is 9.41. The molecule has 0 aromatic heterocycles. The first-order valence-corrected chi connectivity index (χ1v) is 6.97. The Morgan fingerprint density at radius 2 is 1.80 bits per heavy atom. The van der Waals surface area contributed by atoms with Crippen LogP contribution in [0.4, 0.5) is 0 Å². The summed E-state index contributed by atoms with van der Waals surface area (Å²) in [6.45, 7) is 6.66. The second kappa shape index (κ2) is 6.86. The number of benzene rings is 1. The summed E-state index contributed by atoms with van der Waals surface area (Å²) in [4.78, 5) is 14.4. The highest BCUT2D eigenvalue weighted by Gasteiger charge is 2.29. The topological polar surface area (TPSA) is 58.4 Å². The van der Waals surface area contributed by atoms with Gasteiger partial charge in [-0.3, -0.25) is 4.79 Å². The lowest BCUT2D eigenvalue weighted by Crippen LogP contribution is -2.50. The molecule has 0 aliphatic carbocycles. The van der Waals surface area contributed by atoms with Crippen molar-refractivity contribution in [2.75, 3.05) is 20.6 Å². The van der Waals surface area contributed by atoms with Crippen molar-refractivity contribution >= 4 is 5.91 Å². The maximum Gasteiger partial charge on any atom is 0.237 e. The molecular formula is C16H27N3O. The van der Waals surface area contributed by atoms with Gasteiger partial charge < -0.3 is 16.0 Å². The molecule has 112 valence electrons. The van der Waals surface area contributed by atoms with Gasteiger partial charge in [-0.25, -0.2) is 0 Å². The summed E-state index contributed by atoms with van der Waals surface area (Å²) in [5.41, 5.74) is 6.87. The standard InChI is InChI=1S/C16H27N3O/c1-16(2,3)14(17)15(20)18-13(11-19(4)5)12-9-7-6-8-10-12/h6-10,13-14H,11,17H2,1-5H3,(H,18,20)/t13?,14-/m1/s1. The summed E-state index contributed by atoms with van der Waals surface area (Å²) >= 11 is 0. The Morgan fingerprint density at radius 1 is 1.25 bits per heavy atom. The molecule has 4 heteroatoms. The third kappa shape index (κ3) is 4.94. The predicted octanol–water partition coefficient (Wildman–Crippen LogP) is 1.78. The summed E-state index contributed by atoms with van der Waals surface area (Å²) in [7, 11) is 3.98. The summed E-state index contributed by atoms with van der Waals surface area (Å²) in [5, 5.41) is 3.07. The highest BCUT2D eigenvalue weighted by atomic mass is 16.2. The van der Waals surface area contributed by atoms with Gasteiger partial charge in [-0.2, -0.15) is 0 Å². The molecule has 0 fully saturated rings. The average Bonchev–Trinajstić information content (AvgIpc) is 2.36. The Balaban J connectivity index is 2.84. The molecule has 1 unspecified atom stereocenters. The van der Waals surface area contributed by atoms with Crippen molar-refractivity contribution < 1.29 is 4.79 Å². The van der Waals surface area contributed by atoms with Gasteiger partial charge in [-0.05, 0) is 25.1 Å². The smallest absolute Gasteiger partial charge is 0.237 e. The van der Waals surface area contributed by atoms with Crippen molar-refractivity contribution in [2.45, 2.75) is 32.9 Å². The second-order valence-electron chi connectivity index (χ2n) is 6.58. The molecular weight excluding hydrogens is 250 g/mol. The molecule has 0 saturated heterocycles. The molecule has 1 rings (SSSR count). The minimum Gasteiger partial charge on any atom is -0.347 e. The van der Waals surface area contributed by atoms with Crippen LogP contribution in [-0.4, -0.2) is 37.5 Å². The van der Waals surface area contributed by atoms with E-state index >= 15 is 0 Å². The Kier molecular flexibility index (Phi) is 5.72. The first-order chi connectivity index (χ1) is 9.21. The zero-order valence-electron chi connectivity index (χ0n) is 13.2. The van der Waals surface area contributed by atoms with E-state index in [4.69, 9.17) is 5.73 Å². The highest BCUT2D eigenvalue weighted by molar-refractivity contribution is 5.82. The molecule has 1 amide bonds. The second-order valence-corrected chi connectivity index (χ2v) is 6.58. The Bertz CT molecular complexity index is 423. The van der Waals surface area contributed by atoms with Crippen molar-refractivity contribution in [1.82, 2.24) is 10.2 Å². The molecule has 1 aromatic carbocycles. The van der Waals surface area contributed by atoms with Gasteiger partial charge in [-0.15, -0.1) is 0 Å². The minimum atomic E-state index is -0.518. The third-order valence-electron chi connectivity index (χ3n) is 3.28. The van der Waals surface area contributed by atoms with Crippen LogP contribution in [-0.2, 0) is 4.79 Å². The van der Waals surface area contributed by atoms with Gasteiger partial charge in [0.15, 0.2) is 0 Å². The van der Waals surface area contributed by atoms with Crippen molar-refractivity contribution in [2.24, 2.45) is 11.1 Å². The number of carbonyl (C=O) groups is 1. The molecule has 3 N–H and O–H groups in total. The van der Waals surface area contributed by atoms with Gasteiger partial charge in [0.25, 0.3) is 0 Å². The Morgan fingerprint density at radius 3 is 2.25 bits per heavy atom. The molecule has 0 aliphatic rings. The van der Waals surface area contributed by atoms with E-state index in [1.807, 2.05) is 65.2 Å². The number of carbonyl (C=O) groups excluding carboxylic acids is 1. The SMILES string of the molecule is CN(C)CC(NC(=O)[C@@H](N)C(C)(C)C)c1ccccc1.